The Morgan fingerprint density at radius 1 is 1.12 bits per heavy atom. The van der Waals surface area contributed by atoms with Crippen molar-refractivity contribution in [2.24, 2.45) is 5.92 Å². The minimum Gasteiger partial charge on any atom is -0.493 e. The number of piperidine rings is 1. The Morgan fingerprint density at radius 3 is 2.31 bits per heavy atom. The molecule has 7 nitrogen and oxygen atoms in total. The molecular formula is C19H29N3O4. The van der Waals surface area contributed by atoms with Gasteiger partial charge in [0, 0.05) is 31.6 Å². The first-order valence-electron chi connectivity index (χ1n) is 9.02. The van der Waals surface area contributed by atoms with E-state index in [0.717, 1.165) is 32.4 Å². The van der Waals surface area contributed by atoms with E-state index in [4.69, 9.17) is 9.47 Å². The number of rotatable bonds is 7. The van der Waals surface area contributed by atoms with E-state index in [1.807, 2.05) is 11.8 Å². The highest BCUT2D eigenvalue weighted by molar-refractivity contribution is 6.05. The molecule has 1 unspecified atom stereocenters. The van der Waals surface area contributed by atoms with E-state index in [9.17, 15) is 9.59 Å². The summed E-state index contributed by atoms with van der Waals surface area (Å²) < 4.78 is 10.7. The second-order valence-corrected chi connectivity index (χ2v) is 6.55. The molecule has 2 N–H and O–H groups in total. The quantitative estimate of drug-likeness (QED) is 0.776. The molecule has 1 aromatic rings. The molecule has 0 saturated carbocycles. The van der Waals surface area contributed by atoms with Crippen LogP contribution in [0.15, 0.2) is 12.1 Å². The maximum absolute atomic E-state index is 13.0. The molecule has 1 heterocycles. The van der Waals surface area contributed by atoms with Crippen molar-refractivity contribution in [2.75, 3.05) is 46.2 Å². The minimum absolute atomic E-state index is 0.0952. The van der Waals surface area contributed by atoms with Crippen LogP contribution in [-0.4, -0.2) is 57.6 Å². The van der Waals surface area contributed by atoms with Crippen LogP contribution in [0.3, 0.4) is 0 Å². The molecule has 2 rings (SSSR count). The van der Waals surface area contributed by atoms with Crippen LogP contribution in [0.25, 0.3) is 0 Å². The Hall–Kier alpha value is -2.28. The molecular weight excluding hydrogens is 334 g/mol. The monoisotopic (exact) mass is 363 g/mol. The molecule has 1 atom stereocenters. The number of benzene rings is 1. The topological polar surface area (TPSA) is 79.9 Å². The van der Waals surface area contributed by atoms with Gasteiger partial charge in [-0.1, -0.05) is 6.92 Å². The van der Waals surface area contributed by atoms with Gasteiger partial charge in [-0.2, -0.15) is 0 Å². The predicted octanol–water partition coefficient (Wildman–Crippen LogP) is 2.12. The van der Waals surface area contributed by atoms with Crippen molar-refractivity contribution in [1.29, 1.82) is 0 Å². The van der Waals surface area contributed by atoms with Gasteiger partial charge in [0.25, 0.3) is 5.91 Å². The van der Waals surface area contributed by atoms with Gasteiger partial charge in [-0.05, 0) is 32.4 Å². The molecule has 2 amide bonds. The lowest BCUT2D eigenvalue weighted by Crippen LogP contribution is -2.36. The Labute approximate surface area is 155 Å². The minimum atomic E-state index is -0.231. The molecule has 0 bridgehead atoms. The number of hydrogen-bond donors (Lipinski definition) is 2. The van der Waals surface area contributed by atoms with Gasteiger partial charge in [-0.25, -0.2) is 0 Å². The molecule has 0 radical (unpaired) electrons. The van der Waals surface area contributed by atoms with Gasteiger partial charge < -0.3 is 25.0 Å². The lowest BCUT2D eigenvalue weighted by molar-refractivity contribution is -0.119. The summed E-state index contributed by atoms with van der Waals surface area (Å²) in [5.74, 6) is 0.459. The number of nitrogens with one attached hydrogen (secondary N) is 2. The van der Waals surface area contributed by atoms with Gasteiger partial charge in [-0.15, -0.1) is 0 Å². The van der Waals surface area contributed by atoms with Crippen LogP contribution in [0.5, 0.6) is 11.5 Å². The molecule has 1 fully saturated rings. The van der Waals surface area contributed by atoms with Crippen LogP contribution < -0.4 is 20.1 Å². The van der Waals surface area contributed by atoms with E-state index in [1.165, 1.54) is 14.2 Å². The number of nitrogens with zero attached hydrogens (tertiary/aromatic N) is 1. The van der Waals surface area contributed by atoms with Crippen LogP contribution in [0, 0.1) is 5.92 Å². The first-order valence-corrected chi connectivity index (χ1v) is 9.02. The smallest absolute Gasteiger partial charge is 0.256 e. The van der Waals surface area contributed by atoms with Crippen molar-refractivity contribution in [1.82, 2.24) is 10.2 Å². The Balaban J connectivity index is 2.36. The zero-order chi connectivity index (χ0) is 19.1. The molecule has 7 heteroatoms. The van der Waals surface area contributed by atoms with Gasteiger partial charge in [0.15, 0.2) is 11.5 Å². The predicted molar refractivity (Wildman–Crippen MR) is 101 cm³/mol. The fourth-order valence-corrected chi connectivity index (χ4v) is 3.08. The van der Waals surface area contributed by atoms with Crippen molar-refractivity contribution in [2.45, 2.75) is 26.2 Å². The first kappa shape index (κ1) is 20.0. The van der Waals surface area contributed by atoms with Gasteiger partial charge in [0.1, 0.15) is 0 Å². The van der Waals surface area contributed by atoms with Crippen LogP contribution in [0.4, 0.5) is 5.69 Å². The number of hydrogen-bond acceptors (Lipinski definition) is 5. The summed E-state index contributed by atoms with van der Waals surface area (Å²) in [7, 11) is 4.85. The normalized spacial score (nSPS) is 15.3. The molecule has 144 valence electrons. The number of ether oxygens (including phenoxy) is 2. The number of methoxy groups -OCH3 is 2. The van der Waals surface area contributed by atoms with Gasteiger partial charge in [0.05, 0.1) is 25.5 Å². The summed E-state index contributed by atoms with van der Waals surface area (Å²) in [5, 5.41) is 5.86. The average Bonchev–Trinajstić information content (AvgIpc) is 2.67. The summed E-state index contributed by atoms with van der Waals surface area (Å²) in [6.07, 6.45) is 3.14. The Kier molecular flexibility index (Phi) is 7.26. The number of amides is 2. The molecule has 1 aliphatic rings. The lowest BCUT2D eigenvalue weighted by atomic mass is 10.1. The second-order valence-electron chi connectivity index (χ2n) is 6.55. The SMILES string of the molecule is CNCC(C)C(=O)Nc1cc(OC)c(OC)cc1C(=O)N1CCCCC1. The number of anilines is 1. The summed E-state index contributed by atoms with van der Waals surface area (Å²) in [5.41, 5.74) is 0.876. The highest BCUT2D eigenvalue weighted by atomic mass is 16.5. The number of carbonyl (C=O) groups excluding carboxylic acids is 2. The standard InChI is InChI=1S/C19H29N3O4/c1-13(12-20-2)18(23)21-15-11-17(26-4)16(25-3)10-14(15)19(24)22-8-6-5-7-9-22/h10-11,13,20H,5-9,12H2,1-4H3,(H,21,23). The third kappa shape index (κ3) is 4.66. The fourth-order valence-electron chi connectivity index (χ4n) is 3.08. The first-order chi connectivity index (χ1) is 12.5. The number of likely N-dealkylation sites (tertiary alicyclic amines) is 1. The zero-order valence-corrected chi connectivity index (χ0v) is 16.1. The molecule has 0 aliphatic carbocycles. The largest absolute Gasteiger partial charge is 0.493 e. The maximum atomic E-state index is 13.0. The summed E-state index contributed by atoms with van der Waals surface area (Å²) in [6.45, 7) is 3.85. The van der Waals surface area contributed by atoms with Crippen molar-refractivity contribution >= 4 is 17.5 Å². The third-order valence-corrected chi connectivity index (χ3v) is 4.61. The average molecular weight is 363 g/mol. The number of carbonyl (C=O) groups is 2. The highest BCUT2D eigenvalue weighted by Gasteiger charge is 2.25. The Bertz CT molecular complexity index is 642. The van der Waals surface area contributed by atoms with Crippen LogP contribution >= 0.6 is 0 Å². The molecule has 1 saturated heterocycles. The van der Waals surface area contributed by atoms with E-state index in [1.54, 1.807) is 19.2 Å². The molecule has 0 spiro atoms. The van der Waals surface area contributed by atoms with E-state index in [-0.39, 0.29) is 17.7 Å². The van der Waals surface area contributed by atoms with Crippen LogP contribution in [0.1, 0.15) is 36.5 Å². The van der Waals surface area contributed by atoms with Crippen molar-refractivity contribution in [3.8, 4) is 11.5 Å². The van der Waals surface area contributed by atoms with Crippen LogP contribution in [0.2, 0.25) is 0 Å². The van der Waals surface area contributed by atoms with Crippen molar-refractivity contribution in [3.05, 3.63) is 17.7 Å². The van der Waals surface area contributed by atoms with E-state index in [0.29, 0.717) is 29.3 Å². The van der Waals surface area contributed by atoms with Gasteiger partial charge >= 0.3 is 0 Å². The summed E-state index contributed by atoms with van der Waals surface area (Å²) in [6, 6.07) is 3.30. The third-order valence-electron chi connectivity index (χ3n) is 4.61. The van der Waals surface area contributed by atoms with Crippen molar-refractivity contribution in [3.63, 3.8) is 0 Å². The molecule has 0 aromatic heterocycles. The van der Waals surface area contributed by atoms with Crippen LogP contribution in [-0.2, 0) is 4.79 Å². The summed E-state index contributed by atoms with van der Waals surface area (Å²) >= 11 is 0. The van der Waals surface area contributed by atoms with Gasteiger partial charge in [0.2, 0.25) is 5.91 Å². The van der Waals surface area contributed by atoms with E-state index in [2.05, 4.69) is 10.6 Å². The zero-order valence-electron chi connectivity index (χ0n) is 16.1. The molecule has 1 aromatic carbocycles. The molecule has 26 heavy (non-hydrogen) atoms. The van der Waals surface area contributed by atoms with E-state index < -0.39 is 0 Å². The maximum Gasteiger partial charge on any atom is 0.256 e. The lowest BCUT2D eigenvalue weighted by Gasteiger charge is -2.28. The Morgan fingerprint density at radius 2 is 1.73 bits per heavy atom. The molecule has 1 aliphatic heterocycles. The van der Waals surface area contributed by atoms with E-state index >= 15 is 0 Å². The van der Waals surface area contributed by atoms with Crippen molar-refractivity contribution < 1.29 is 19.1 Å². The fraction of sp³-hybridized carbons (Fsp3) is 0.579. The highest BCUT2D eigenvalue weighted by Crippen LogP contribution is 2.34. The summed E-state index contributed by atoms with van der Waals surface area (Å²) in [4.78, 5) is 27.3. The second kappa shape index (κ2) is 9.43. The van der Waals surface area contributed by atoms with Gasteiger partial charge in [-0.3, -0.25) is 9.59 Å².